The molecule has 1 heterocycles. The fourth-order valence-corrected chi connectivity index (χ4v) is 1.92. The number of ether oxygens (including phenoxy) is 1. The van der Waals surface area contributed by atoms with E-state index in [4.69, 9.17) is 4.74 Å². The van der Waals surface area contributed by atoms with Crippen LogP contribution in [-0.2, 0) is 9.53 Å². The summed E-state index contributed by atoms with van der Waals surface area (Å²) in [5.41, 5.74) is 0. The summed E-state index contributed by atoms with van der Waals surface area (Å²) in [6, 6.07) is 0. The van der Waals surface area contributed by atoms with Crippen LogP contribution in [0.15, 0.2) is 0 Å². The number of quaternary nitrogens is 1. The van der Waals surface area contributed by atoms with Crippen molar-refractivity contribution in [2.45, 2.75) is 36.5 Å². The van der Waals surface area contributed by atoms with Crippen molar-refractivity contribution >= 4 is 28.6 Å². The van der Waals surface area contributed by atoms with Crippen LogP contribution >= 0.6 is 22.6 Å². The highest BCUT2D eigenvalue weighted by atomic mass is 127. The topological polar surface area (TPSA) is 30.7 Å². The molecule has 0 aromatic rings. The van der Waals surface area contributed by atoms with Crippen molar-refractivity contribution in [2.75, 3.05) is 26.2 Å². The van der Waals surface area contributed by atoms with Gasteiger partial charge in [0.15, 0.2) is 0 Å². The molecule has 0 aromatic carbocycles. The average molecular weight is 326 g/mol. The molecular formula is C11H21INO2+. The van der Waals surface area contributed by atoms with Crippen molar-refractivity contribution in [1.29, 1.82) is 0 Å². The molecule has 0 spiro atoms. The fraction of sp³-hybridized carbons (Fsp3) is 0.909. The summed E-state index contributed by atoms with van der Waals surface area (Å²) >= 11 is 2.12. The molecule has 0 unspecified atom stereocenters. The van der Waals surface area contributed by atoms with Gasteiger partial charge in [0.1, 0.15) is 16.6 Å². The normalized spacial score (nSPS) is 18.9. The van der Waals surface area contributed by atoms with Crippen LogP contribution in [-0.4, -0.2) is 35.6 Å². The third kappa shape index (κ3) is 5.15. The van der Waals surface area contributed by atoms with Gasteiger partial charge in [-0.3, -0.25) is 4.79 Å². The van der Waals surface area contributed by atoms with Crippen LogP contribution in [0.1, 0.15) is 33.1 Å². The Morgan fingerprint density at radius 2 is 1.93 bits per heavy atom. The Hall–Kier alpha value is 0.160. The molecule has 88 valence electrons. The van der Waals surface area contributed by atoms with Crippen molar-refractivity contribution in [2.24, 2.45) is 0 Å². The molecule has 0 atom stereocenters. The highest BCUT2D eigenvalue weighted by Gasteiger charge is 2.25. The second-order valence-electron chi connectivity index (χ2n) is 4.67. The summed E-state index contributed by atoms with van der Waals surface area (Å²) in [7, 11) is 0. The summed E-state index contributed by atoms with van der Waals surface area (Å²) in [6.45, 7) is 7.78. The summed E-state index contributed by atoms with van der Waals surface area (Å²) in [5.74, 6) is -0.0977. The fourth-order valence-electron chi connectivity index (χ4n) is 1.76. The minimum atomic E-state index is -0.394. The van der Waals surface area contributed by atoms with Gasteiger partial charge in [0.2, 0.25) is 0 Å². The zero-order chi connectivity index (χ0) is 11.3. The van der Waals surface area contributed by atoms with E-state index >= 15 is 0 Å². The first kappa shape index (κ1) is 13.2. The van der Waals surface area contributed by atoms with Crippen molar-refractivity contribution in [1.82, 2.24) is 0 Å². The van der Waals surface area contributed by atoms with Crippen LogP contribution < -0.4 is 4.90 Å². The molecule has 0 bridgehead atoms. The number of esters is 1. The largest absolute Gasteiger partial charge is 0.459 e. The van der Waals surface area contributed by atoms with Crippen molar-refractivity contribution in [3.05, 3.63) is 0 Å². The Bertz CT molecular complexity index is 207. The average Bonchev–Trinajstić information content (AvgIpc) is 2.18. The highest BCUT2D eigenvalue weighted by Crippen LogP contribution is 2.17. The molecule has 1 rings (SSSR count). The van der Waals surface area contributed by atoms with Crippen LogP contribution in [0.25, 0.3) is 0 Å². The van der Waals surface area contributed by atoms with Gasteiger partial charge in [-0.2, -0.15) is 0 Å². The molecule has 15 heavy (non-hydrogen) atoms. The molecule has 0 amide bonds. The number of alkyl halides is 1. The van der Waals surface area contributed by atoms with E-state index in [9.17, 15) is 4.79 Å². The van der Waals surface area contributed by atoms with Gasteiger partial charge in [-0.05, 0) is 33.1 Å². The predicted molar refractivity (Wildman–Crippen MR) is 68.5 cm³/mol. The van der Waals surface area contributed by atoms with Gasteiger partial charge in [-0.1, -0.05) is 22.6 Å². The van der Waals surface area contributed by atoms with E-state index in [1.807, 2.05) is 13.8 Å². The molecule has 1 aliphatic heterocycles. The third-order valence-corrected chi connectivity index (χ3v) is 3.18. The lowest BCUT2D eigenvalue weighted by Crippen LogP contribution is -3.13. The van der Waals surface area contributed by atoms with E-state index in [0.717, 1.165) is 6.54 Å². The van der Waals surface area contributed by atoms with Crippen LogP contribution in [0, 0.1) is 0 Å². The zero-order valence-corrected chi connectivity index (χ0v) is 11.8. The van der Waals surface area contributed by atoms with Crippen LogP contribution in [0.3, 0.4) is 0 Å². The standard InChI is InChI=1S/C11H20INO2/c1-11(2,12)10(14)15-9-8-13-6-4-3-5-7-13/h3-9H2,1-2H3/p+1. The minimum absolute atomic E-state index is 0.0977. The van der Waals surface area contributed by atoms with Crippen molar-refractivity contribution in [3.8, 4) is 0 Å². The number of rotatable bonds is 4. The van der Waals surface area contributed by atoms with E-state index in [1.165, 1.54) is 32.4 Å². The maximum atomic E-state index is 11.5. The van der Waals surface area contributed by atoms with E-state index < -0.39 is 3.42 Å². The number of nitrogens with one attached hydrogen (secondary N) is 1. The molecule has 1 N–H and O–H groups in total. The number of carbonyl (C=O) groups is 1. The van der Waals surface area contributed by atoms with E-state index in [2.05, 4.69) is 22.6 Å². The zero-order valence-electron chi connectivity index (χ0n) is 9.64. The number of carbonyl (C=O) groups excluding carboxylic acids is 1. The van der Waals surface area contributed by atoms with Crippen LogP contribution in [0.5, 0.6) is 0 Å². The maximum absolute atomic E-state index is 11.5. The van der Waals surface area contributed by atoms with Crippen molar-refractivity contribution < 1.29 is 14.4 Å². The molecule has 1 saturated heterocycles. The lowest BCUT2D eigenvalue weighted by Gasteiger charge is -2.23. The summed E-state index contributed by atoms with van der Waals surface area (Å²) in [6.07, 6.45) is 4.01. The first-order valence-electron chi connectivity index (χ1n) is 5.70. The lowest BCUT2D eigenvalue weighted by molar-refractivity contribution is -0.905. The summed E-state index contributed by atoms with van der Waals surface area (Å²) in [5, 5.41) is 0. The van der Waals surface area contributed by atoms with Crippen LogP contribution in [0.4, 0.5) is 0 Å². The van der Waals surface area contributed by atoms with Crippen molar-refractivity contribution in [3.63, 3.8) is 0 Å². The van der Waals surface area contributed by atoms with Gasteiger partial charge >= 0.3 is 5.97 Å². The summed E-state index contributed by atoms with van der Waals surface area (Å²) in [4.78, 5) is 13.1. The SMILES string of the molecule is CC(C)(I)C(=O)OCC[NH+]1CCCCC1. The second kappa shape index (κ2) is 6.03. The Labute approximate surface area is 106 Å². The second-order valence-corrected chi connectivity index (χ2v) is 7.37. The molecular weight excluding hydrogens is 305 g/mol. The smallest absolute Gasteiger partial charge is 0.321 e. The van der Waals surface area contributed by atoms with E-state index in [1.54, 1.807) is 4.90 Å². The number of piperidine rings is 1. The van der Waals surface area contributed by atoms with Crippen LogP contribution in [0.2, 0.25) is 0 Å². The Morgan fingerprint density at radius 3 is 2.47 bits per heavy atom. The first-order chi connectivity index (χ1) is 7.00. The van der Waals surface area contributed by atoms with Gasteiger partial charge in [-0.15, -0.1) is 0 Å². The van der Waals surface area contributed by atoms with Gasteiger partial charge < -0.3 is 9.64 Å². The minimum Gasteiger partial charge on any atom is -0.459 e. The monoisotopic (exact) mass is 326 g/mol. The Balaban J connectivity index is 2.12. The quantitative estimate of drug-likeness (QED) is 0.471. The van der Waals surface area contributed by atoms with E-state index in [0.29, 0.717) is 6.61 Å². The molecule has 0 aromatic heterocycles. The lowest BCUT2D eigenvalue weighted by atomic mass is 10.1. The molecule has 0 aliphatic carbocycles. The Kier molecular flexibility index (Phi) is 5.32. The van der Waals surface area contributed by atoms with Gasteiger partial charge in [0.25, 0.3) is 0 Å². The highest BCUT2D eigenvalue weighted by molar-refractivity contribution is 14.1. The molecule has 3 nitrogen and oxygen atoms in total. The van der Waals surface area contributed by atoms with Gasteiger partial charge in [-0.25, -0.2) is 0 Å². The number of hydrogen-bond donors (Lipinski definition) is 1. The number of halogens is 1. The van der Waals surface area contributed by atoms with Gasteiger partial charge in [0, 0.05) is 0 Å². The Morgan fingerprint density at radius 1 is 1.33 bits per heavy atom. The maximum Gasteiger partial charge on any atom is 0.321 e. The van der Waals surface area contributed by atoms with E-state index in [-0.39, 0.29) is 5.97 Å². The molecule has 4 heteroatoms. The molecule has 1 fully saturated rings. The number of hydrogen-bond acceptors (Lipinski definition) is 2. The summed E-state index contributed by atoms with van der Waals surface area (Å²) < 4.78 is 4.85. The molecule has 0 radical (unpaired) electrons. The number of likely N-dealkylation sites (tertiary alicyclic amines) is 1. The first-order valence-corrected chi connectivity index (χ1v) is 6.78. The third-order valence-electron chi connectivity index (χ3n) is 2.73. The predicted octanol–water partition coefficient (Wildman–Crippen LogP) is 0.812. The molecule has 0 saturated carbocycles. The molecule has 1 aliphatic rings. The van der Waals surface area contributed by atoms with Gasteiger partial charge in [0.05, 0.1) is 13.1 Å².